The molecule has 0 saturated carbocycles. The van der Waals surface area contributed by atoms with Crippen molar-refractivity contribution in [2.45, 2.75) is 12.6 Å². The Balaban J connectivity index is 0.00000288. The van der Waals surface area contributed by atoms with Crippen LogP contribution in [0, 0.1) is 5.82 Å². The van der Waals surface area contributed by atoms with E-state index in [0.717, 1.165) is 6.54 Å². The Morgan fingerprint density at radius 1 is 1.21 bits per heavy atom. The summed E-state index contributed by atoms with van der Waals surface area (Å²) in [5.74, 6) is 0.455. The number of nitrogens with one attached hydrogen (secondary N) is 2. The first-order valence-corrected chi connectivity index (χ1v) is 8.37. The molecule has 1 heterocycles. The number of guanidine groups is 1. The summed E-state index contributed by atoms with van der Waals surface area (Å²) >= 11 is 1.74. The van der Waals surface area contributed by atoms with Gasteiger partial charge in [-0.2, -0.15) is 0 Å². The Morgan fingerprint density at radius 2 is 1.96 bits per heavy atom. The third-order valence-electron chi connectivity index (χ3n) is 3.59. The summed E-state index contributed by atoms with van der Waals surface area (Å²) in [4.78, 5) is 7.67. The summed E-state index contributed by atoms with van der Waals surface area (Å²) in [6, 6.07) is 11.2. The highest BCUT2D eigenvalue weighted by molar-refractivity contribution is 14.0. The maximum absolute atomic E-state index is 13.6. The summed E-state index contributed by atoms with van der Waals surface area (Å²) in [5.41, 5.74) is 0.623. The van der Waals surface area contributed by atoms with E-state index in [0.29, 0.717) is 18.1 Å². The molecule has 24 heavy (non-hydrogen) atoms. The quantitative estimate of drug-likeness (QED) is 0.393. The molecular weight excluding hydrogens is 438 g/mol. The maximum Gasteiger partial charge on any atom is 0.191 e. The van der Waals surface area contributed by atoms with Gasteiger partial charge in [-0.3, -0.25) is 4.99 Å². The maximum atomic E-state index is 13.6. The molecule has 1 aromatic heterocycles. The predicted octanol–water partition coefficient (Wildman–Crippen LogP) is 3.47. The Kier molecular flexibility index (Phi) is 9.24. The summed E-state index contributed by atoms with van der Waals surface area (Å²) in [6.45, 7) is 1.13. The molecule has 2 N–H and O–H groups in total. The van der Waals surface area contributed by atoms with Crippen molar-refractivity contribution in [3.8, 4) is 0 Å². The van der Waals surface area contributed by atoms with Crippen LogP contribution in [-0.2, 0) is 6.54 Å². The topological polar surface area (TPSA) is 39.7 Å². The van der Waals surface area contributed by atoms with Gasteiger partial charge in [0.25, 0.3) is 0 Å². The molecule has 0 radical (unpaired) electrons. The average Bonchev–Trinajstić information content (AvgIpc) is 3.05. The van der Waals surface area contributed by atoms with E-state index >= 15 is 0 Å². The average molecular weight is 462 g/mol. The van der Waals surface area contributed by atoms with E-state index in [-0.39, 0.29) is 35.8 Å². The Morgan fingerprint density at radius 3 is 2.54 bits per heavy atom. The van der Waals surface area contributed by atoms with Crippen molar-refractivity contribution < 1.29 is 4.39 Å². The van der Waals surface area contributed by atoms with Crippen molar-refractivity contribution >= 4 is 41.3 Å². The smallest absolute Gasteiger partial charge is 0.191 e. The Hall–Kier alpha value is -1.19. The van der Waals surface area contributed by atoms with Gasteiger partial charge >= 0.3 is 0 Å². The van der Waals surface area contributed by atoms with Crippen LogP contribution in [0.15, 0.2) is 46.8 Å². The number of rotatable bonds is 6. The van der Waals surface area contributed by atoms with Crippen LogP contribution in [0.1, 0.15) is 16.5 Å². The van der Waals surface area contributed by atoms with Crippen LogP contribution in [-0.4, -0.2) is 38.5 Å². The molecule has 1 aromatic carbocycles. The third-order valence-corrected chi connectivity index (χ3v) is 4.56. The molecule has 0 bridgehead atoms. The first-order valence-electron chi connectivity index (χ1n) is 7.49. The molecule has 132 valence electrons. The number of hydrogen-bond acceptors (Lipinski definition) is 3. The standard InChI is InChI=1S/C17H23FN4S.HI/c1-19-17(20-11-13-7-4-5-8-14(13)18)21-12-15(22(2)3)16-9-6-10-23-16;/h4-10,15H,11-12H2,1-3H3,(H2,19,20,21);1H. The highest BCUT2D eigenvalue weighted by Gasteiger charge is 2.15. The van der Waals surface area contributed by atoms with Crippen molar-refractivity contribution in [1.82, 2.24) is 15.5 Å². The monoisotopic (exact) mass is 462 g/mol. The molecule has 0 fully saturated rings. The number of hydrogen-bond donors (Lipinski definition) is 2. The van der Waals surface area contributed by atoms with E-state index in [1.807, 2.05) is 6.07 Å². The fourth-order valence-corrected chi connectivity index (χ4v) is 3.18. The number of halogens is 2. The molecule has 1 unspecified atom stereocenters. The van der Waals surface area contributed by atoms with Gasteiger partial charge in [-0.15, -0.1) is 35.3 Å². The number of thiophene rings is 1. The highest BCUT2D eigenvalue weighted by atomic mass is 127. The molecule has 1 atom stereocenters. The predicted molar refractivity (Wildman–Crippen MR) is 111 cm³/mol. The molecule has 0 amide bonds. The van der Waals surface area contributed by atoms with Crippen LogP contribution >= 0.6 is 35.3 Å². The fraction of sp³-hybridized carbons (Fsp3) is 0.353. The second-order valence-electron chi connectivity index (χ2n) is 5.39. The lowest BCUT2D eigenvalue weighted by Gasteiger charge is -2.24. The molecule has 0 saturated heterocycles. The van der Waals surface area contributed by atoms with Crippen LogP contribution in [0.25, 0.3) is 0 Å². The van der Waals surface area contributed by atoms with Crippen LogP contribution in [0.2, 0.25) is 0 Å². The first-order chi connectivity index (χ1) is 11.1. The number of benzene rings is 1. The minimum Gasteiger partial charge on any atom is -0.354 e. The molecule has 7 heteroatoms. The van der Waals surface area contributed by atoms with Crippen molar-refractivity contribution in [1.29, 1.82) is 0 Å². The third kappa shape index (κ3) is 6.03. The van der Waals surface area contributed by atoms with Gasteiger partial charge in [0.2, 0.25) is 0 Å². The van der Waals surface area contributed by atoms with Gasteiger partial charge in [0.15, 0.2) is 5.96 Å². The molecule has 2 rings (SSSR count). The van der Waals surface area contributed by atoms with E-state index in [4.69, 9.17) is 0 Å². The minimum absolute atomic E-state index is 0. The SMILES string of the molecule is CN=C(NCc1ccccc1F)NCC(c1cccs1)N(C)C.I. The second-order valence-corrected chi connectivity index (χ2v) is 6.37. The zero-order valence-electron chi connectivity index (χ0n) is 14.1. The molecule has 4 nitrogen and oxygen atoms in total. The summed E-state index contributed by atoms with van der Waals surface area (Å²) in [5, 5.41) is 8.54. The number of likely N-dealkylation sites (N-methyl/N-ethyl adjacent to an activating group) is 1. The van der Waals surface area contributed by atoms with Crippen molar-refractivity contribution in [3.63, 3.8) is 0 Å². The van der Waals surface area contributed by atoms with Crippen molar-refractivity contribution in [3.05, 3.63) is 58.0 Å². The largest absolute Gasteiger partial charge is 0.354 e. The van der Waals surface area contributed by atoms with Crippen LogP contribution in [0.4, 0.5) is 4.39 Å². The normalized spacial score (nSPS) is 12.6. The van der Waals surface area contributed by atoms with Crippen LogP contribution in [0.3, 0.4) is 0 Å². The van der Waals surface area contributed by atoms with E-state index in [1.165, 1.54) is 10.9 Å². The van der Waals surface area contributed by atoms with E-state index < -0.39 is 0 Å². The minimum atomic E-state index is -0.208. The van der Waals surface area contributed by atoms with Gasteiger partial charge in [0, 0.05) is 30.6 Å². The molecule has 0 aliphatic carbocycles. The lowest BCUT2D eigenvalue weighted by molar-refractivity contribution is 0.302. The fourth-order valence-electron chi connectivity index (χ4n) is 2.25. The van der Waals surface area contributed by atoms with Gasteiger partial charge in [0.05, 0.1) is 6.04 Å². The lowest BCUT2D eigenvalue weighted by Crippen LogP contribution is -2.41. The first kappa shape index (κ1) is 20.9. The lowest BCUT2D eigenvalue weighted by atomic mass is 10.2. The molecule has 0 spiro atoms. The number of aliphatic imine (C=N–C) groups is 1. The summed E-state index contributed by atoms with van der Waals surface area (Å²) in [7, 11) is 5.83. The van der Waals surface area contributed by atoms with Gasteiger partial charge in [-0.25, -0.2) is 4.39 Å². The van der Waals surface area contributed by atoms with E-state index in [9.17, 15) is 4.39 Å². The van der Waals surface area contributed by atoms with Crippen molar-refractivity contribution in [2.24, 2.45) is 4.99 Å². The van der Waals surface area contributed by atoms with E-state index in [2.05, 4.69) is 52.1 Å². The van der Waals surface area contributed by atoms with E-state index in [1.54, 1.807) is 30.5 Å². The Bertz CT molecular complexity index is 631. The molecular formula is C17H24FIN4S. The van der Waals surface area contributed by atoms with Crippen molar-refractivity contribution in [2.75, 3.05) is 27.7 Å². The summed E-state index contributed by atoms with van der Waals surface area (Å²) < 4.78 is 13.6. The van der Waals surface area contributed by atoms with Gasteiger partial charge < -0.3 is 15.5 Å². The zero-order chi connectivity index (χ0) is 16.7. The molecule has 2 aromatic rings. The second kappa shape index (κ2) is 10.6. The molecule has 0 aliphatic rings. The Labute approximate surface area is 164 Å². The highest BCUT2D eigenvalue weighted by Crippen LogP contribution is 2.22. The van der Waals surface area contributed by atoms with Gasteiger partial charge in [-0.05, 0) is 31.6 Å². The van der Waals surface area contributed by atoms with Crippen LogP contribution < -0.4 is 10.6 Å². The zero-order valence-corrected chi connectivity index (χ0v) is 17.3. The van der Waals surface area contributed by atoms with Crippen LogP contribution in [0.5, 0.6) is 0 Å². The van der Waals surface area contributed by atoms with Gasteiger partial charge in [-0.1, -0.05) is 24.3 Å². The molecule has 0 aliphatic heterocycles. The number of nitrogens with zero attached hydrogens (tertiary/aromatic N) is 2. The van der Waals surface area contributed by atoms with Gasteiger partial charge in [0.1, 0.15) is 5.82 Å². The summed E-state index contributed by atoms with van der Waals surface area (Å²) in [6.07, 6.45) is 0.